The maximum Gasteiger partial charge on any atom is 0.319 e. The largest absolute Gasteiger partial charge is 0.338 e. The number of rotatable bonds is 3. The Morgan fingerprint density at radius 1 is 1.14 bits per heavy atom. The van der Waals surface area contributed by atoms with E-state index >= 15 is 0 Å². The van der Waals surface area contributed by atoms with Gasteiger partial charge < -0.3 is 10.6 Å². The van der Waals surface area contributed by atoms with E-state index in [1.54, 1.807) is 0 Å². The lowest BCUT2D eigenvalue weighted by Crippen LogP contribution is -2.36. The summed E-state index contributed by atoms with van der Waals surface area (Å²) in [6.45, 7) is 0.534. The normalized spacial score (nSPS) is 20.4. The second kappa shape index (κ2) is 6.28. The van der Waals surface area contributed by atoms with Gasteiger partial charge in [0.15, 0.2) is 0 Å². The number of benzene rings is 1. The molecule has 1 aromatic carbocycles. The van der Waals surface area contributed by atoms with Crippen molar-refractivity contribution in [1.29, 1.82) is 0 Å². The minimum absolute atomic E-state index is 0.216. The highest BCUT2D eigenvalue weighted by atomic mass is 32.2. The maximum absolute atomic E-state index is 11.9. The Balaban J connectivity index is 1.47. The van der Waals surface area contributed by atoms with Crippen LogP contribution in [0, 0.1) is 5.92 Å². The lowest BCUT2D eigenvalue weighted by atomic mass is 10.0. The highest BCUT2D eigenvalue weighted by molar-refractivity contribution is 7.91. The Bertz CT molecular complexity index is 656. The molecule has 0 radical (unpaired) electrons. The van der Waals surface area contributed by atoms with Gasteiger partial charge in [0.2, 0.25) is 0 Å². The minimum atomic E-state index is -2.84. The van der Waals surface area contributed by atoms with Gasteiger partial charge in [0.25, 0.3) is 0 Å². The number of hydrogen-bond donors (Lipinski definition) is 2. The first-order chi connectivity index (χ1) is 10.5. The van der Waals surface area contributed by atoms with Gasteiger partial charge in [-0.15, -0.1) is 0 Å². The summed E-state index contributed by atoms with van der Waals surface area (Å²) in [5, 5.41) is 5.71. The van der Waals surface area contributed by atoms with Crippen LogP contribution in [0.1, 0.15) is 30.4 Å². The van der Waals surface area contributed by atoms with Gasteiger partial charge in [0.1, 0.15) is 9.84 Å². The van der Waals surface area contributed by atoms with Gasteiger partial charge in [0, 0.05) is 12.2 Å². The molecule has 0 bridgehead atoms. The van der Waals surface area contributed by atoms with Crippen LogP contribution >= 0.6 is 0 Å². The van der Waals surface area contributed by atoms with E-state index in [1.807, 2.05) is 6.07 Å². The Labute approximate surface area is 131 Å². The number of nitrogens with one attached hydrogen (secondary N) is 2. The van der Waals surface area contributed by atoms with Crippen LogP contribution in [0.5, 0.6) is 0 Å². The topological polar surface area (TPSA) is 75.3 Å². The third-order valence-electron chi connectivity index (χ3n) is 4.58. The molecule has 2 amide bonds. The summed E-state index contributed by atoms with van der Waals surface area (Å²) < 4.78 is 22.7. The summed E-state index contributed by atoms with van der Waals surface area (Å²) in [6, 6.07) is 5.86. The van der Waals surface area contributed by atoms with E-state index in [1.165, 1.54) is 17.5 Å². The first kappa shape index (κ1) is 15.3. The van der Waals surface area contributed by atoms with Gasteiger partial charge >= 0.3 is 6.03 Å². The summed E-state index contributed by atoms with van der Waals surface area (Å²) in [5.74, 6) is 0.742. The van der Waals surface area contributed by atoms with Crippen molar-refractivity contribution in [3.63, 3.8) is 0 Å². The monoisotopic (exact) mass is 322 g/mol. The molecule has 0 spiro atoms. The molecule has 1 aliphatic heterocycles. The van der Waals surface area contributed by atoms with E-state index in [2.05, 4.69) is 22.8 Å². The van der Waals surface area contributed by atoms with Crippen LogP contribution < -0.4 is 10.6 Å². The van der Waals surface area contributed by atoms with Crippen molar-refractivity contribution in [1.82, 2.24) is 5.32 Å². The zero-order chi connectivity index (χ0) is 15.6. The van der Waals surface area contributed by atoms with Crippen LogP contribution in [0.3, 0.4) is 0 Å². The van der Waals surface area contributed by atoms with Crippen molar-refractivity contribution >= 4 is 21.6 Å². The molecule has 3 rings (SSSR count). The molecule has 5 nitrogen and oxygen atoms in total. The van der Waals surface area contributed by atoms with Gasteiger partial charge in [-0.25, -0.2) is 13.2 Å². The van der Waals surface area contributed by atoms with E-state index in [0.717, 1.165) is 18.5 Å². The summed E-state index contributed by atoms with van der Waals surface area (Å²) in [7, 11) is -2.84. The summed E-state index contributed by atoms with van der Waals surface area (Å²) >= 11 is 0. The predicted octanol–water partition coefficient (Wildman–Crippen LogP) is 2.12. The molecule has 1 aliphatic carbocycles. The average molecular weight is 322 g/mol. The van der Waals surface area contributed by atoms with Crippen LogP contribution in [0.4, 0.5) is 10.5 Å². The fourth-order valence-electron chi connectivity index (χ4n) is 3.20. The number of hydrogen-bond acceptors (Lipinski definition) is 3. The number of carbonyl (C=O) groups is 1. The molecule has 1 saturated heterocycles. The smallest absolute Gasteiger partial charge is 0.319 e. The fraction of sp³-hybridized carbons (Fsp3) is 0.562. The van der Waals surface area contributed by atoms with Crippen LogP contribution in [0.15, 0.2) is 18.2 Å². The maximum atomic E-state index is 11.9. The van der Waals surface area contributed by atoms with Gasteiger partial charge in [-0.3, -0.25) is 0 Å². The SMILES string of the molecule is O=C(NCC1CCS(=O)(=O)CC1)Nc1ccc2c(c1)CCC2. The van der Waals surface area contributed by atoms with Gasteiger partial charge in [-0.1, -0.05) is 6.07 Å². The number of sulfone groups is 1. The number of urea groups is 1. The Morgan fingerprint density at radius 2 is 1.86 bits per heavy atom. The van der Waals surface area contributed by atoms with Crippen LogP contribution in [0.25, 0.3) is 0 Å². The second-order valence-corrected chi connectivity index (χ2v) is 8.57. The molecule has 6 heteroatoms. The quantitative estimate of drug-likeness (QED) is 0.895. The fourth-order valence-corrected chi connectivity index (χ4v) is 4.79. The van der Waals surface area contributed by atoms with E-state index in [-0.39, 0.29) is 23.5 Å². The third kappa shape index (κ3) is 3.80. The second-order valence-electron chi connectivity index (χ2n) is 6.27. The molecule has 0 unspecified atom stereocenters. The zero-order valence-electron chi connectivity index (χ0n) is 12.6. The van der Waals surface area contributed by atoms with Crippen LogP contribution in [-0.4, -0.2) is 32.5 Å². The van der Waals surface area contributed by atoms with Crippen molar-refractivity contribution < 1.29 is 13.2 Å². The van der Waals surface area contributed by atoms with Gasteiger partial charge in [0.05, 0.1) is 11.5 Å². The summed E-state index contributed by atoms with van der Waals surface area (Å²) in [6.07, 6.45) is 4.69. The highest BCUT2D eigenvalue weighted by Crippen LogP contribution is 2.24. The molecule has 1 heterocycles. The summed E-state index contributed by atoms with van der Waals surface area (Å²) in [5.41, 5.74) is 3.54. The zero-order valence-corrected chi connectivity index (χ0v) is 13.4. The van der Waals surface area contributed by atoms with Crippen LogP contribution in [0.2, 0.25) is 0 Å². The molecule has 2 N–H and O–H groups in total. The Hall–Kier alpha value is -1.56. The first-order valence-corrected chi connectivity index (χ1v) is 9.71. The molecule has 0 atom stereocenters. The molecular weight excluding hydrogens is 300 g/mol. The van der Waals surface area contributed by atoms with E-state index in [9.17, 15) is 13.2 Å². The summed E-state index contributed by atoms with van der Waals surface area (Å²) in [4.78, 5) is 11.9. The van der Waals surface area contributed by atoms with Gasteiger partial charge in [-0.2, -0.15) is 0 Å². The minimum Gasteiger partial charge on any atom is -0.338 e. The molecule has 0 saturated carbocycles. The number of amides is 2. The lowest BCUT2D eigenvalue weighted by molar-refractivity contribution is 0.249. The predicted molar refractivity (Wildman–Crippen MR) is 86.9 cm³/mol. The molecule has 1 fully saturated rings. The number of anilines is 1. The highest BCUT2D eigenvalue weighted by Gasteiger charge is 2.23. The van der Waals surface area contributed by atoms with Gasteiger partial charge in [-0.05, 0) is 61.3 Å². The van der Waals surface area contributed by atoms with Crippen molar-refractivity contribution in [2.24, 2.45) is 5.92 Å². The number of aryl methyl sites for hydroxylation is 2. The molecule has 2 aliphatic rings. The lowest BCUT2D eigenvalue weighted by Gasteiger charge is -2.22. The molecule has 22 heavy (non-hydrogen) atoms. The molecular formula is C16H22N2O3S. The average Bonchev–Trinajstić information content (AvgIpc) is 2.93. The van der Waals surface area contributed by atoms with E-state index < -0.39 is 9.84 Å². The Morgan fingerprint density at radius 3 is 2.64 bits per heavy atom. The van der Waals surface area contributed by atoms with E-state index in [4.69, 9.17) is 0 Å². The number of carbonyl (C=O) groups excluding carboxylic acids is 1. The molecule has 1 aromatic rings. The van der Waals surface area contributed by atoms with Crippen molar-refractivity contribution in [3.05, 3.63) is 29.3 Å². The Kier molecular flexibility index (Phi) is 4.38. The van der Waals surface area contributed by atoms with Crippen molar-refractivity contribution in [3.8, 4) is 0 Å². The van der Waals surface area contributed by atoms with Crippen LogP contribution in [-0.2, 0) is 22.7 Å². The molecule has 0 aromatic heterocycles. The first-order valence-electron chi connectivity index (χ1n) is 7.89. The van der Waals surface area contributed by atoms with Crippen molar-refractivity contribution in [2.75, 3.05) is 23.4 Å². The third-order valence-corrected chi connectivity index (χ3v) is 6.30. The number of fused-ring (bicyclic) bond motifs is 1. The van der Waals surface area contributed by atoms with E-state index in [0.29, 0.717) is 19.4 Å². The van der Waals surface area contributed by atoms with Crippen molar-refractivity contribution in [2.45, 2.75) is 32.1 Å². The standard InChI is InChI=1S/C16H22N2O3S/c19-16(17-11-12-6-8-22(20,21)9-7-12)18-15-5-4-13-2-1-3-14(13)10-15/h4-5,10,12H,1-3,6-9,11H2,(H2,17,18,19). The molecule has 120 valence electrons.